The molecule has 12 heavy (non-hydrogen) atoms. The third-order valence-electron chi connectivity index (χ3n) is 1.27. The summed E-state index contributed by atoms with van der Waals surface area (Å²) in [5.74, 6) is -0.955. The van der Waals surface area contributed by atoms with E-state index >= 15 is 0 Å². The number of carboxylic acids is 1. The van der Waals surface area contributed by atoms with Crippen molar-refractivity contribution in [1.29, 1.82) is 0 Å². The Labute approximate surface area is 77.3 Å². The highest BCUT2D eigenvalue weighted by molar-refractivity contribution is 9.10. The first-order valence-electron chi connectivity index (χ1n) is 3.08. The SMILES string of the molecule is COc1nccc(Br)c1C(=O)O. The van der Waals surface area contributed by atoms with E-state index in [9.17, 15) is 4.79 Å². The molecule has 1 rings (SSSR count). The van der Waals surface area contributed by atoms with Crippen molar-refractivity contribution in [2.45, 2.75) is 0 Å². The van der Waals surface area contributed by atoms with Crippen LogP contribution in [0.4, 0.5) is 0 Å². The molecular formula is C7H6BrNO3. The summed E-state index contributed by atoms with van der Waals surface area (Å²) in [6.07, 6.45) is 1.47. The largest absolute Gasteiger partial charge is 0.480 e. The fraction of sp³-hybridized carbons (Fsp3) is 0.143. The molecule has 0 unspecified atom stereocenters. The van der Waals surface area contributed by atoms with Crippen LogP contribution >= 0.6 is 15.9 Å². The first kappa shape index (κ1) is 8.99. The van der Waals surface area contributed by atoms with E-state index in [1.54, 1.807) is 6.07 Å². The lowest BCUT2D eigenvalue weighted by Crippen LogP contribution is -2.03. The average Bonchev–Trinajstić information content (AvgIpc) is 2.03. The normalized spacial score (nSPS) is 9.50. The summed E-state index contributed by atoms with van der Waals surface area (Å²) in [4.78, 5) is 14.4. The summed E-state index contributed by atoms with van der Waals surface area (Å²) in [5, 5.41) is 8.73. The minimum Gasteiger partial charge on any atom is -0.480 e. The molecule has 0 radical (unpaired) electrons. The fourth-order valence-corrected chi connectivity index (χ4v) is 1.23. The Kier molecular flexibility index (Phi) is 2.65. The van der Waals surface area contributed by atoms with Gasteiger partial charge >= 0.3 is 5.97 Å². The molecule has 1 N–H and O–H groups in total. The molecule has 0 amide bonds. The fourth-order valence-electron chi connectivity index (χ4n) is 0.769. The van der Waals surface area contributed by atoms with Gasteiger partial charge in [-0.05, 0) is 22.0 Å². The molecule has 64 valence electrons. The van der Waals surface area contributed by atoms with Crippen molar-refractivity contribution in [2.75, 3.05) is 7.11 Å². The Morgan fingerprint density at radius 2 is 2.42 bits per heavy atom. The van der Waals surface area contributed by atoms with Crippen molar-refractivity contribution in [3.8, 4) is 5.88 Å². The first-order chi connectivity index (χ1) is 5.66. The third kappa shape index (κ3) is 1.55. The smallest absolute Gasteiger partial charge is 0.342 e. The number of nitrogens with zero attached hydrogens (tertiary/aromatic N) is 1. The van der Waals surface area contributed by atoms with Crippen molar-refractivity contribution in [1.82, 2.24) is 4.98 Å². The van der Waals surface area contributed by atoms with Crippen LogP contribution in [0.2, 0.25) is 0 Å². The van der Waals surface area contributed by atoms with Crippen LogP contribution in [0, 0.1) is 0 Å². The van der Waals surface area contributed by atoms with E-state index in [1.807, 2.05) is 0 Å². The topological polar surface area (TPSA) is 59.4 Å². The summed E-state index contributed by atoms with van der Waals surface area (Å²) in [7, 11) is 1.38. The molecule has 0 spiro atoms. The van der Waals surface area contributed by atoms with Crippen molar-refractivity contribution in [3.63, 3.8) is 0 Å². The van der Waals surface area contributed by atoms with Crippen LogP contribution in [0.15, 0.2) is 16.7 Å². The van der Waals surface area contributed by atoms with Gasteiger partial charge in [0.05, 0.1) is 7.11 Å². The van der Waals surface area contributed by atoms with Gasteiger partial charge in [0.2, 0.25) is 5.88 Å². The molecule has 5 heteroatoms. The van der Waals surface area contributed by atoms with Gasteiger partial charge in [-0.3, -0.25) is 0 Å². The number of hydrogen-bond donors (Lipinski definition) is 1. The van der Waals surface area contributed by atoms with Crippen LogP contribution in [0.5, 0.6) is 5.88 Å². The van der Waals surface area contributed by atoms with Crippen LogP contribution in [0.25, 0.3) is 0 Å². The van der Waals surface area contributed by atoms with E-state index in [-0.39, 0.29) is 11.4 Å². The Balaban J connectivity index is 3.29. The molecule has 0 aliphatic rings. The second-order valence-electron chi connectivity index (χ2n) is 1.98. The molecule has 0 aromatic carbocycles. The summed E-state index contributed by atoms with van der Waals surface area (Å²) >= 11 is 3.09. The zero-order valence-electron chi connectivity index (χ0n) is 6.24. The van der Waals surface area contributed by atoms with Gasteiger partial charge in [-0.2, -0.15) is 0 Å². The van der Waals surface area contributed by atoms with E-state index in [4.69, 9.17) is 9.84 Å². The van der Waals surface area contributed by atoms with Crippen LogP contribution in [0.1, 0.15) is 10.4 Å². The number of hydrogen-bond acceptors (Lipinski definition) is 3. The van der Waals surface area contributed by atoms with E-state index in [2.05, 4.69) is 20.9 Å². The zero-order chi connectivity index (χ0) is 9.14. The molecule has 1 aromatic rings. The summed E-state index contributed by atoms with van der Waals surface area (Å²) < 4.78 is 5.23. The minimum atomic E-state index is -1.06. The van der Waals surface area contributed by atoms with Crippen molar-refractivity contribution in [3.05, 3.63) is 22.3 Å². The van der Waals surface area contributed by atoms with Crippen molar-refractivity contribution in [2.24, 2.45) is 0 Å². The van der Waals surface area contributed by atoms with E-state index < -0.39 is 5.97 Å². The van der Waals surface area contributed by atoms with Gasteiger partial charge in [-0.1, -0.05) is 0 Å². The lowest BCUT2D eigenvalue weighted by Gasteiger charge is -2.03. The average molecular weight is 232 g/mol. The molecule has 0 fully saturated rings. The molecule has 0 atom stereocenters. The van der Waals surface area contributed by atoms with Gasteiger partial charge in [0.25, 0.3) is 0 Å². The molecule has 4 nitrogen and oxygen atoms in total. The Bertz CT molecular complexity index is 314. The zero-order valence-corrected chi connectivity index (χ0v) is 7.83. The number of halogens is 1. The van der Waals surface area contributed by atoms with Gasteiger partial charge in [0.1, 0.15) is 5.56 Å². The molecule has 0 saturated carbocycles. The molecule has 1 heterocycles. The van der Waals surface area contributed by atoms with Gasteiger partial charge < -0.3 is 9.84 Å². The van der Waals surface area contributed by atoms with Crippen LogP contribution in [-0.4, -0.2) is 23.2 Å². The van der Waals surface area contributed by atoms with E-state index in [1.165, 1.54) is 13.3 Å². The molecule has 0 saturated heterocycles. The number of carbonyl (C=O) groups is 1. The number of pyridine rings is 1. The highest BCUT2D eigenvalue weighted by atomic mass is 79.9. The predicted molar refractivity (Wildman–Crippen MR) is 45.4 cm³/mol. The van der Waals surface area contributed by atoms with Gasteiger partial charge in [-0.15, -0.1) is 0 Å². The highest BCUT2D eigenvalue weighted by Crippen LogP contribution is 2.23. The number of rotatable bonds is 2. The molecule has 0 aliphatic carbocycles. The van der Waals surface area contributed by atoms with Crippen molar-refractivity contribution < 1.29 is 14.6 Å². The number of ether oxygens (including phenoxy) is 1. The molecule has 0 aliphatic heterocycles. The van der Waals surface area contributed by atoms with Crippen LogP contribution in [-0.2, 0) is 0 Å². The van der Waals surface area contributed by atoms with Crippen LogP contribution in [0.3, 0.4) is 0 Å². The lowest BCUT2D eigenvalue weighted by atomic mass is 10.3. The number of aromatic carboxylic acids is 1. The standard InChI is InChI=1S/C7H6BrNO3/c1-12-6-5(7(10)11)4(8)2-3-9-6/h2-3H,1H3,(H,10,11). The number of methoxy groups -OCH3 is 1. The third-order valence-corrected chi connectivity index (χ3v) is 1.93. The summed E-state index contributed by atoms with van der Waals surface area (Å²) in [5.41, 5.74) is 0.0417. The van der Waals surface area contributed by atoms with Gasteiger partial charge in [-0.25, -0.2) is 9.78 Å². The molecule has 0 bridgehead atoms. The quantitative estimate of drug-likeness (QED) is 0.840. The Morgan fingerprint density at radius 3 is 2.83 bits per heavy atom. The molecule has 1 aromatic heterocycles. The highest BCUT2D eigenvalue weighted by Gasteiger charge is 2.15. The second-order valence-corrected chi connectivity index (χ2v) is 2.84. The summed E-state index contributed by atoms with van der Waals surface area (Å²) in [6, 6.07) is 1.55. The molecular weight excluding hydrogens is 226 g/mol. The van der Waals surface area contributed by atoms with Crippen molar-refractivity contribution >= 4 is 21.9 Å². The van der Waals surface area contributed by atoms with E-state index in [0.29, 0.717) is 4.47 Å². The van der Waals surface area contributed by atoms with E-state index in [0.717, 1.165) is 0 Å². The maximum atomic E-state index is 10.7. The first-order valence-corrected chi connectivity index (χ1v) is 3.88. The maximum absolute atomic E-state index is 10.7. The maximum Gasteiger partial charge on any atom is 0.342 e. The minimum absolute atomic E-state index is 0.0417. The number of carboxylic acid groups (broad SMARTS) is 1. The lowest BCUT2D eigenvalue weighted by molar-refractivity contribution is 0.0691. The Hall–Kier alpha value is -1.10. The van der Waals surface area contributed by atoms with Gasteiger partial charge in [0, 0.05) is 10.7 Å². The van der Waals surface area contributed by atoms with Gasteiger partial charge in [0.15, 0.2) is 0 Å². The second kappa shape index (κ2) is 3.53. The summed E-state index contributed by atoms with van der Waals surface area (Å²) in [6.45, 7) is 0. The van der Waals surface area contributed by atoms with Crippen LogP contribution < -0.4 is 4.74 Å². The monoisotopic (exact) mass is 231 g/mol. The predicted octanol–water partition coefficient (Wildman–Crippen LogP) is 1.55. The number of aromatic nitrogens is 1. The Morgan fingerprint density at radius 1 is 1.75 bits per heavy atom.